The predicted molar refractivity (Wildman–Crippen MR) is 69.1 cm³/mol. The Morgan fingerprint density at radius 1 is 1.29 bits per heavy atom. The van der Waals surface area contributed by atoms with E-state index in [1.807, 2.05) is 6.07 Å². The van der Waals surface area contributed by atoms with Crippen LogP contribution >= 0.6 is 0 Å². The van der Waals surface area contributed by atoms with Crippen molar-refractivity contribution in [2.24, 2.45) is 5.73 Å². The van der Waals surface area contributed by atoms with Crippen LogP contribution in [-0.2, 0) is 6.54 Å². The van der Waals surface area contributed by atoms with Gasteiger partial charge in [-0.15, -0.1) is 0 Å². The van der Waals surface area contributed by atoms with E-state index in [9.17, 15) is 0 Å². The summed E-state index contributed by atoms with van der Waals surface area (Å²) in [6.07, 6.45) is 5.36. The third-order valence-electron chi connectivity index (χ3n) is 3.50. The van der Waals surface area contributed by atoms with Gasteiger partial charge >= 0.3 is 0 Å². The highest BCUT2D eigenvalue weighted by molar-refractivity contribution is 5.86. The van der Waals surface area contributed by atoms with E-state index in [1.54, 1.807) is 0 Å². The van der Waals surface area contributed by atoms with Crippen LogP contribution in [-0.4, -0.2) is 11.1 Å². The van der Waals surface area contributed by atoms with Gasteiger partial charge in [0.05, 0.1) is 6.10 Å². The first-order chi connectivity index (χ1) is 8.36. The topological polar surface area (TPSA) is 51.0 Å². The van der Waals surface area contributed by atoms with E-state index in [4.69, 9.17) is 10.5 Å². The average Bonchev–Trinajstić information content (AvgIpc) is 2.97. The molecule has 1 aliphatic rings. The highest BCUT2D eigenvalue weighted by atomic mass is 16.5. The molecule has 2 aromatic rings. The third-order valence-corrected chi connectivity index (χ3v) is 3.50. The third kappa shape index (κ3) is 2.03. The van der Waals surface area contributed by atoms with E-state index in [0.717, 1.165) is 22.3 Å². The van der Waals surface area contributed by atoms with Crippen LogP contribution in [0, 0.1) is 0 Å². The molecule has 0 radical (unpaired) electrons. The van der Waals surface area contributed by atoms with Gasteiger partial charge in [0.2, 0.25) is 0 Å². The Balaban J connectivity index is 1.94. The number of rotatable bonds is 3. The Kier molecular flexibility index (Phi) is 2.77. The maximum atomic E-state index is 6.09. The van der Waals surface area contributed by atoms with Gasteiger partial charge in [-0.05, 0) is 43.9 Å². The first-order valence-corrected chi connectivity index (χ1v) is 6.34. The normalized spacial score (nSPS) is 16.8. The summed E-state index contributed by atoms with van der Waals surface area (Å²) < 4.78 is 6.09. The molecule has 1 fully saturated rings. The van der Waals surface area contributed by atoms with Gasteiger partial charge in [-0.1, -0.05) is 6.07 Å². The summed E-state index contributed by atoms with van der Waals surface area (Å²) in [6, 6.07) is 8.24. The number of nitrogens with two attached hydrogens (primary N) is 1. The lowest BCUT2D eigenvalue weighted by Crippen LogP contribution is -2.10. The molecule has 3 N–H and O–H groups in total. The van der Waals surface area contributed by atoms with Gasteiger partial charge in [0.1, 0.15) is 5.75 Å². The van der Waals surface area contributed by atoms with Gasteiger partial charge in [-0.3, -0.25) is 0 Å². The Hall–Kier alpha value is -1.48. The number of ether oxygens (including phenoxy) is 1. The van der Waals surface area contributed by atoms with Crippen LogP contribution in [0.25, 0.3) is 10.9 Å². The second-order valence-electron chi connectivity index (χ2n) is 4.74. The van der Waals surface area contributed by atoms with E-state index >= 15 is 0 Å². The molecule has 0 bridgehead atoms. The molecule has 0 aliphatic heterocycles. The van der Waals surface area contributed by atoms with Crippen molar-refractivity contribution in [3.05, 3.63) is 30.0 Å². The number of hydrogen-bond acceptors (Lipinski definition) is 2. The van der Waals surface area contributed by atoms with Crippen LogP contribution in [0.1, 0.15) is 31.4 Å². The Labute approximate surface area is 101 Å². The minimum absolute atomic E-state index is 0.400. The molecule has 3 rings (SSSR count). The number of fused-ring (bicyclic) bond motifs is 1. The molecule has 0 saturated heterocycles. The Morgan fingerprint density at radius 3 is 2.88 bits per heavy atom. The molecule has 90 valence electrons. The first kappa shape index (κ1) is 10.7. The summed E-state index contributed by atoms with van der Waals surface area (Å²) in [4.78, 5) is 3.31. The van der Waals surface area contributed by atoms with Gasteiger partial charge in [-0.2, -0.15) is 0 Å². The molecule has 0 amide bonds. The van der Waals surface area contributed by atoms with E-state index < -0.39 is 0 Å². The summed E-state index contributed by atoms with van der Waals surface area (Å²) in [5, 5.41) is 1.15. The average molecular weight is 230 g/mol. The lowest BCUT2D eigenvalue weighted by molar-refractivity contribution is 0.213. The number of hydrogen-bond donors (Lipinski definition) is 2. The van der Waals surface area contributed by atoms with Crippen molar-refractivity contribution in [1.29, 1.82) is 0 Å². The van der Waals surface area contributed by atoms with Gasteiger partial charge in [0, 0.05) is 23.1 Å². The molecule has 0 spiro atoms. The quantitative estimate of drug-likeness (QED) is 0.851. The SMILES string of the molecule is NCc1cc2c(OC3CCCC3)cccc2[nH]1. The van der Waals surface area contributed by atoms with Gasteiger partial charge in [-0.25, -0.2) is 0 Å². The van der Waals surface area contributed by atoms with Crippen molar-refractivity contribution >= 4 is 10.9 Å². The second-order valence-corrected chi connectivity index (χ2v) is 4.74. The summed E-state index contributed by atoms with van der Waals surface area (Å²) in [5.41, 5.74) is 7.83. The molecule has 0 atom stereocenters. The van der Waals surface area contributed by atoms with Crippen LogP contribution in [0.3, 0.4) is 0 Å². The van der Waals surface area contributed by atoms with Crippen LogP contribution in [0.4, 0.5) is 0 Å². The second kappa shape index (κ2) is 4.41. The standard InChI is InChI=1S/C14H18N2O/c15-9-10-8-12-13(16-10)6-3-7-14(12)17-11-4-1-2-5-11/h3,6-8,11,16H,1-2,4-5,9,15H2. The zero-order valence-corrected chi connectivity index (χ0v) is 9.91. The molecule has 3 nitrogen and oxygen atoms in total. The highest BCUT2D eigenvalue weighted by Crippen LogP contribution is 2.30. The Morgan fingerprint density at radius 2 is 2.12 bits per heavy atom. The highest BCUT2D eigenvalue weighted by Gasteiger charge is 2.17. The minimum atomic E-state index is 0.400. The largest absolute Gasteiger partial charge is 0.490 e. The molecule has 0 unspecified atom stereocenters. The maximum absolute atomic E-state index is 6.09. The zero-order chi connectivity index (χ0) is 11.7. The zero-order valence-electron chi connectivity index (χ0n) is 9.91. The Bertz CT molecular complexity index is 512. The molecule has 1 aliphatic carbocycles. The lowest BCUT2D eigenvalue weighted by Gasteiger charge is -2.13. The fraction of sp³-hybridized carbons (Fsp3) is 0.429. The fourth-order valence-corrected chi connectivity index (χ4v) is 2.58. The van der Waals surface area contributed by atoms with Gasteiger partial charge < -0.3 is 15.5 Å². The van der Waals surface area contributed by atoms with Gasteiger partial charge in [0.15, 0.2) is 0 Å². The number of aromatic amines is 1. The molecule has 1 saturated carbocycles. The molecule has 1 aromatic carbocycles. The molecular formula is C14H18N2O. The van der Waals surface area contributed by atoms with Crippen molar-refractivity contribution < 1.29 is 4.74 Å². The van der Waals surface area contributed by atoms with Crippen molar-refractivity contribution in [2.75, 3.05) is 0 Å². The fourth-order valence-electron chi connectivity index (χ4n) is 2.58. The number of nitrogens with one attached hydrogen (secondary N) is 1. The van der Waals surface area contributed by atoms with E-state index in [-0.39, 0.29) is 0 Å². The maximum Gasteiger partial charge on any atom is 0.129 e. The summed E-state index contributed by atoms with van der Waals surface area (Å²) >= 11 is 0. The predicted octanol–water partition coefficient (Wildman–Crippen LogP) is 2.95. The van der Waals surface area contributed by atoms with Crippen molar-refractivity contribution in [3.8, 4) is 5.75 Å². The van der Waals surface area contributed by atoms with E-state index in [0.29, 0.717) is 12.6 Å². The summed E-state index contributed by atoms with van der Waals surface area (Å²) in [7, 11) is 0. The molecule has 1 aromatic heterocycles. The molecular weight excluding hydrogens is 212 g/mol. The summed E-state index contributed by atoms with van der Waals surface area (Å²) in [6.45, 7) is 0.539. The van der Waals surface area contributed by atoms with Crippen molar-refractivity contribution in [2.45, 2.75) is 38.3 Å². The summed E-state index contributed by atoms with van der Waals surface area (Å²) in [5.74, 6) is 0.991. The first-order valence-electron chi connectivity index (χ1n) is 6.34. The van der Waals surface area contributed by atoms with E-state index in [1.165, 1.54) is 25.7 Å². The smallest absolute Gasteiger partial charge is 0.129 e. The molecule has 3 heteroatoms. The number of H-pyrrole nitrogens is 1. The minimum Gasteiger partial charge on any atom is -0.490 e. The number of aromatic nitrogens is 1. The van der Waals surface area contributed by atoms with Crippen LogP contribution in [0.5, 0.6) is 5.75 Å². The molecule has 17 heavy (non-hydrogen) atoms. The lowest BCUT2D eigenvalue weighted by atomic mass is 10.2. The van der Waals surface area contributed by atoms with E-state index in [2.05, 4.69) is 23.2 Å². The van der Waals surface area contributed by atoms with Crippen molar-refractivity contribution in [1.82, 2.24) is 4.98 Å². The van der Waals surface area contributed by atoms with Crippen LogP contribution < -0.4 is 10.5 Å². The van der Waals surface area contributed by atoms with Crippen LogP contribution in [0.15, 0.2) is 24.3 Å². The van der Waals surface area contributed by atoms with Crippen molar-refractivity contribution in [3.63, 3.8) is 0 Å². The molecule has 1 heterocycles. The van der Waals surface area contributed by atoms with Crippen LogP contribution in [0.2, 0.25) is 0 Å². The monoisotopic (exact) mass is 230 g/mol. The van der Waals surface area contributed by atoms with Gasteiger partial charge in [0.25, 0.3) is 0 Å². The number of benzene rings is 1.